The van der Waals surface area contributed by atoms with Crippen LogP contribution < -0.4 is 21.7 Å². The van der Waals surface area contributed by atoms with Crippen LogP contribution in [0.25, 0.3) is 0 Å². The highest BCUT2D eigenvalue weighted by Gasteiger charge is 2.41. The lowest BCUT2D eigenvalue weighted by atomic mass is 9.82. The largest absolute Gasteiger partial charge is 0.507 e. The van der Waals surface area contributed by atoms with Crippen molar-refractivity contribution in [2.45, 2.75) is 137 Å². The van der Waals surface area contributed by atoms with Crippen LogP contribution in [-0.2, 0) is 22.4 Å². The lowest BCUT2D eigenvalue weighted by molar-refractivity contribution is -0.144. The maximum atomic E-state index is 13.5. The molecule has 10 heteroatoms. The number of unbranched alkanes of at least 4 members (excludes halogenated alkanes) is 11. The van der Waals surface area contributed by atoms with E-state index in [1.165, 1.54) is 19.1 Å². The Morgan fingerprint density at radius 1 is 0.542 bits per heavy atom. The molecule has 0 atom stereocenters. The quantitative estimate of drug-likeness (QED) is 0.0466. The van der Waals surface area contributed by atoms with Crippen molar-refractivity contribution in [3.63, 3.8) is 0 Å². The minimum absolute atomic E-state index is 0.0186. The third kappa shape index (κ3) is 13.2. The van der Waals surface area contributed by atoms with Gasteiger partial charge < -0.3 is 10.2 Å². The SMILES string of the molecule is CCCCCCCCC(C)(C(=O)NNC(=O)c1cc(CCCCCC)ccc1O)C(=O)NNC(=O)c1cc(CCCCCC)ccc1O. The van der Waals surface area contributed by atoms with E-state index in [1.54, 1.807) is 24.3 Å². The van der Waals surface area contributed by atoms with Crippen LogP contribution >= 0.6 is 0 Å². The Kier molecular flexibility index (Phi) is 18.1. The first-order valence-electron chi connectivity index (χ1n) is 17.9. The molecule has 6 N–H and O–H groups in total. The van der Waals surface area contributed by atoms with Gasteiger partial charge in [-0.25, -0.2) is 0 Å². The number of hydrogen-bond donors (Lipinski definition) is 6. The summed E-state index contributed by atoms with van der Waals surface area (Å²) >= 11 is 0. The molecule has 0 unspecified atom stereocenters. The predicted octanol–water partition coefficient (Wildman–Crippen LogP) is 7.32. The predicted molar refractivity (Wildman–Crippen MR) is 189 cm³/mol. The summed E-state index contributed by atoms with van der Waals surface area (Å²) < 4.78 is 0. The lowest BCUT2D eigenvalue weighted by Crippen LogP contribution is -2.57. The molecule has 0 fully saturated rings. The zero-order chi connectivity index (χ0) is 35.4. The van der Waals surface area contributed by atoms with E-state index in [-0.39, 0.29) is 29.0 Å². The summed E-state index contributed by atoms with van der Waals surface area (Å²) in [6, 6.07) is 9.69. The van der Waals surface area contributed by atoms with Gasteiger partial charge in [-0.15, -0.1) is 0 Å². The maximum absolute atomic E-state index is 13.5. The van der Waals surface area contributed by atoms with Crippen LogP contribution in [0, 0.1) is 5.41 Å². The Bertz CT molecular complexity index is 1240. The van der Waals surface area contributed by atoms with Crippen molar-refractivity contribution in [3.8, 4) is 11.5 Å². The van der Waals surface area contributed by atoms with Crippen LogP contribution in [0.15, 0.2) is 36.4 Å². The van der Waals surface area contributed by atoms with Gasteiger partial charge in [0, 0.05) is 0 Å². The first-order valence-corrected chi connectivity index (χ1v) is 17.9. The standard InChI is InChI=1S/C38H58N4O6/c1-5-8-11-14-15-18-25-38(4,36(47)41-39-34(45)30-26-28(21-23-32(30)43)19-16-12-9-6-2)37(48)42-40-35(46)31-27-29(22-24-33(31)44)20-17-13-10-7-3/h21-24,26-27,43-44H,5-20,25H2,1-4H3,(H,39,45)(H,40,46)(H,41,47)(H,42,48). The topological polar surface area (TPSA) is 157 Å². The number of nitrogens with one attached hydrogen (secondary N) is 4. The molecule has 2 aromatic carbocycles. The second-order valence-corrected chi connectivity index (χ2v) is 13.0. The van der Waals surface area contributed by atoms with Gasteiger partial charge in [-0.2, -0.15) is 0 Å². The number of phenols is 2. The third-order valence-electron chi connectivity index (χ3n) is 8.86. The van der Waals surface area contributed by atoms with E-state index in [0.29, 0.717) is 6.42 Å². The van der Waals surface area contributed by atoms with Gasteiger partial charge in [0.05, 0.1) is 11.1 Å². The van der Waals surface area contributed by atoms with Gasteiger partial charge in [-0.05, 0) is 74.4 Å². The average Bonchev–Trinajstić information content (AvgIpc) is 3.08. The van der Waals surface area contributed by atoms with E-state index < -0.39 is 29.0 Å². The number of carbonyl (C=O) groups is 4. The molecule has 2 aromatic rings. The normalized spacial score (nSPS) is 11.2. The van der Waals surface area contributed by atoms with E-state index >= 15 is 0 Å². The van der Waals surface area contributed by atoms with Gasteiger partial charge in [0.2, 0.25) is 0 Å². The maximum Gasteiger partial charge on any atom is 0.273 e. The minimum Gasteiger partial charge on any atom is -0.507 e. The average molecular weight is 667 g/mol. The van der Waals surface area contributed by atoms with E-state index in [2.05, 4.69) is 42.5 Å². The number of aromatic hydroxyl groups is 2. The summed E-state index contributed by atoms with van der Waals surface area (Å²) in [5.74, 6) is -3.38. The molecule has 2 rings (SSSR count). The molecule has 0 saturated carbocycles. The Morgan fingerprint density at radius 3 is 1.33 bits per heavy atom. The summed E-state index contributed by atoms with van der Waals surface area (Å²) in [5.41, 5.74) is 9.63. The fourth-order valence-electron chi connectivity index (χ4n) is 5.58. The lowest BCUT2D eigenvalue weighted by Gasteiger charge is -2.27. The summed E-state index contributed by atoms with van der Waals surface area (Å²) in [5, 5.41) is 20.7. The number of hydrazine groups is 2. The summed E-state index contributed by atoms with van der Waals surface area (Å²) in [6.45, 7) is 7.86. The minimum atomic E-state index is -1.66. The molecule has 0 aromatic heterocycles. The van der Waals surface area contributed by atoms with Crippen molar-refractivity contribution in [3.05, 3.63) is 58.7 Å². The molecule has 0 spiro atoms. The highest BCUT2D eigenvalue weighted by atomic mass is 16.3. The Labute approximate surface area is 286 Å². The highest BCUT2D eigenvalue weighted by molar-refractivity contribution is 6.07. The van der Waals surface area contributed by atoms with E-state index in [1.807, 2.05) is 0 Å². The number of aryl methyl sites for hydroxylation is 2. The molecule has 0 radical (unpaired) electrons. The van der Waals surface area contributed by atoms with Crippen LogP contribution in [0.5, 0.6) is 11.5 Å². The number of rotatable bonds is 21. The Morgan fingerprint density at radius 2 is 0.917 bits per heavy atom. The van der Waals surface area contributed by atoms with Gasteiger partial charge in [0.1, 0.15) is 16.9 Å². The van der Waals surface area contributed by atoms with Crippen LogP contribution in [0.2, 0.25) is 0 Å². The molecule has 48 heavy (non-hydrogen) atoms. The number of carbonyl (C=O) groups excluding carboxylic acids is 4. The monoisotopic (exact) mass is 666 g/mol. The molecule has 10 nitrogen and oxygen atoms in total. The molecule has 0 aliphatic carbocycles. The Hall–Kier alpha value is -4.08. The molecular weight excluding hydrogens is 608 g/mol. The van der Waals surface area contributed by atoms with Crippen LogP contribution in [0.4, 0.5) is 0 Å². The van der Waals surface area contributed by atoms with Crippen LogP contribution in [0.1, 0.15) is 156 Å². The van der Waals surface area contributed by atoms with Crippen molar-refractivity contribution in [1.82, 2.24) is 21.7 Å². The van der Waals surface area contributed by atoms with E-state index in [4.69, 9.17) is 0 Å². The van der Waals surface area contributed by atoms with Gasteiger partial charge in [-0.1, -0.05) is 110 Å². The van der Waals surface area contributed by atoms with Gasteiger partial charge >= 0.3 is 0 Å². The van der Waals surface area contributed by atoms with E-state index in [9.17, 15) is 29.4 Å². The van der Waals surface area contributed by atoms with Gasteiger partial charge in [-0.3, -0.25) is 40.9 Å². The molecule has 266 valence electrons. The number of amides is 4. The fraction of sp³-hybridized carbons (Fsp3) is 0.579. The number of benzene rings is 2. The summed E-state index contributed by atoms with van der Waals surface area (Å²) in [6.07, 6.45) is 15.8. The van der Waals surface area contributed by atoms with Crippen molar-refractivity contribution >= 4 is 23.6 Å². The molecule has 0 bridgehead atoms. The van der Waals surface area contributed by atoms with Crippen LogP contribution in [0.3, 0.4) is 0 Å². The summed E-state index contributed by atoms with van der Waals surface area (Å²) in [4.78, 5) is 53.1. The van der Waals surface area contributed by atoms with Crippen molar-refractivity contribution in [2.24, 2.45) is 5.41 Å². The van der Waals surface area contributed by atoms with Gasteiger partial charge in [0.15, 0.2) is 0 Å². The molecular formula is C38H58N4O6. The van der Waals surface area contributed by atoms with Crippen LogP contribution in [-0.4, -0.2) is 33.8 Å². The molecule has 4 amide bonds. The number of phenolic OH excluding ortho intramolecular Hbond substituents is 2. The van der Waals surface area contributed by atoms with E-state index in [0.717, 1.165) is 107 Å². The molecule has 0 aliphatic rings. The third-order valence-corrected chi connectivity index (χ3v) is 8.86. The highest BCUT2D eigenvalue weighted by Crippen LogP contribution is 2.27. The number of hydrogen-bond acceptors (Lipinski definition) is 6. The second kappa shape index (κ2) is 21.7. The van der Waals surface area contributed by atoms with Crippen molar-refractivity contribution in [1.29, 1.82) is 0 Å². The van der Waals surface area contributed by atoms with Crippen molar-refractivity contribution in [2.75, 3.05) is 0 Å². The second-order valence-electron chi connectivity index (χ2n) is 13.0. The smallest absolute Gasteiger partial charge is 0.273 e. The zero-order valence-corrected chi connectivity index (χ0v) is 29.5. The first-order chi connectivity index (χ1) is 23.1. The first kappa shape index (κ1) is 40.1. The van der Waals surface area contributed by atoms with Gasteiger partial charge in [0.25, 0.3) is 23.6 Å². The fourth-order valence-corrected chi connectivity index (χ4v) is 5.58. The summed E-state index contributed by atoms with van der Waals surface area (Å²) in [7, 11) is 0. The Balaban J connectivity index is 2.11. The molecule has 0 aliphatic heterocycles. The van der Waals surface area contributed by atoms with Crippen molar-refractivity contribution < 1.29 is 29.4 Å². The molecule has 0 saturated heterocycles. The zero-order valence-electron chi connectivity index (χ0n) is 29.5. The molecule has 0 heterocycles.